The van der Waals surface area contributed by atoms with Crippen molar-refractivity contribution in [2.24, 2.45) is 0 Å². The Morgan fingerprint density at radius 3 is 2.41 bits per heavy atom. The van der Waals surface area contributed by atoms with Gasteiger partial charge in [-0.2, -0.15) is 0 Å². The molecule has 32 heavy (non-hydrogen) atoms. The van der Waals surface area contributed by atoms with E-state index in [0.717, 1.165) is 11.3 Å². The van der Waals surface area contributed by atoms with Crippen molar-refractivity contribution in [1.82, 2.24) is 9.97 Å². The fraction of sp³-hybridized carbons (Fsp3) is 0.120. The van der Waals surface area contributed by atoms with Crippen LogP contribution in [0.25, 0.3) is 11.3 Å². The number of benzene rings is 2. The number of oxazole rings is 1. The van der Waals surface area contributed by atoms with Crippen LogP contribution in [0.2, 0.25) is 0 Å². The van der Waals surface area contributed by atoms with Crippen molar-refractivity contribution >= 4 is 23.2 Å². The van der Waals surface area contributed by atoms with Gasteiger partial charge in [-0.3, -0.25) is 14.6 Å². The third-order valence-electron chi connectivity index (χ3n) is 4.75. The third-order valence-corrected chi connectivity index (χ3v) is 4.75. The Kier molecular flexibility index (Phi) is 6.67. The van der Waals surface area contributed by atoms with Gasteiger partial charge < -0.3 is 15.1 Å². The third kappa shape index (κ3) is 5.66. The first-order chi connectivity index (χ1) is 15.7. The molecule has 0 aliphatic carbocycles. The van der Waals surface area contributed by atoms with Gasteiger partial charge in [-0.05, 0) is 36.8 Å². The molecule has 160 valence electrons. The molecule has 0 aliphatic rings. The number of amides is 2. The maximum atomic E-state index is 12.3. The second-order valence-electron chi connectivity index (χ2n) is 7.16. The number of pyridine rings is 1. The van der Waals surface area contributed by atoms with Gasteiger partial charge in [0.15, 0.2) is 11.7 Å². The molecule has 4 rings (SSSR count). The SMILES string of the molecule is O=C(CCCc1ncc(-c2ccccc2)o1)Nc1cccc(NC(=O)c2ccncc2)c1. The lowest BCUT2D eigenvalue weighted by Gasteiger charge is -2.09. The van der Waals surface area contributed by atoms with Crippen molar-refractivity contribution in [3.05, 3.63) is 96.8 Å². The minimum atomic E-state index is -0.239. The van der Waals surface area contributed by atoms with E-state index >= 15 is 0 Å². The Labute approximate surface area is 185 Å². The largest absolute Gasteiger partial charge is 0.441 e. The molecule has 2 aromatic heterocycles. The van der Waals surface area contributed by atoms with E-state index in [1.807, 2.05) is 30.3 Å². The average Bonchev–Trinajstić information content (AvgIpc) is 3.29. The molecule has 2 heterocycles. The fourth-order valence-electron chi connectivity index (χ4n) is 3.17. The fourth-order valence-corrected chi connectivity index (χ4v) is 3.17. The first-order valence-electron chi connectivity index (χ1n) is 10.3. The molecule has 0 unspecified atom stereocenters. The van der Waals surface area contributed by atoms with Gasteiger partial charge in [0.05, 0.1) is 6.20 Å². The van der Waals surface area contributed by atoms with Crippen LogP contribution in [-0.4, -0.2) is 21.8 Å². The number of hydrogen-bond donors (Lipinski definition) is 2. The zero-order valence-electron chi connectivity index (χ0n) is 17.3. The van der Waals surface area contributed by atoms with E-state index < -0.39 is 0 Å². The van der Waals surface area contributed by atoms with Gasteiger partial charge in [0.2, 0.25) is 5.91 Å². The highest BCUT2D eigenvalue weighted by Gasteiger charge is 2.09. The smallest absolute Gasteiger partial charge is 0.255 e. The number of nitrogens with zero attached hydrogens (tertiary/aromatic N) is 2. The predicted octanol–water partition coefficient (Wildman–Crippen LogP) is 4.95. The summed E-state index contributed by atoms with van der Waals surface area (Å²) in [5.41, 5.74) is 2.69. The van der Waals surface area contributed by atoms with E-state index in [9.17, 15) is 9.59 Å². The molecule has 4 aromatic rings. The maximum Gasteiger partial charge on any atom is 0.255 e. The summed E-state index contributed by atoms with van der Waals surface area (Å²) in [6.45, 7) is 0. The summed E-state index contributed by atoms with van der Waals surface area (Å²) in [6.07, 6.45) is 6.34. The predicted molar refractivity (Wildman–Crippen MR) is 122 cm³/mol. The number of aryl methyl sites for hydroxylation is 1. The molecular weight excluding hydrogens is 404 g/mol. The van der Waals surface area contributed by atoms with Crippen molar-refractivity contribution in [2.75, 3.05) is 10.6 Å². The molecule has 0 saturated heterocycles. The molecule has 7 heteroatoms. The van der Waals surface area contributed by atoms with E-state index in [-0.39, 0.29) is 11.8 Å². The highest BCUT2D eigenvalue weighted by Crippen LogP contribution is 2.21. The topological polar surface area (TPSA) is 97.1 Å². The lowest BCUT2D eigenvalue weighted by molar-refractivity contribution is -0.116. The molecule has 0 bridgehead atoms. The highest BCUT2D eigenvalue weighted by atomic mass is 16.4. The second kappa shape index (κ2) is 10.2. The first kappa shape index (κ1) is 21.0. The van der Waals surface area contributed by atoms with E-state index in [4.69, 9.17) is 4.42 Å². The summed E-state index contributed by atoms with van der Waals surface area (Å²) in [6, 6.07) is 20.1. The van der Waals surface area contributed by atoms with Crippen LogP contribution in [0.4, 0.5) is 11.4 Å². The summed E-state index contributed by atoms with van der Waals surface area (Å²) in [5.74, 6) is 0.974. The van der Waals surface area contributed by atoms with Crippen LogP contribution in [-0.2, 0) is 11.2 Å². The average molecular weight is 426 g/mol. The molecule has 0 fully saturated rings. The Bertz CT molecular complexity index is 1190. The standard InChI is InChI=1S/C25H22N4O3/c30-23(10-5-11-24-27-17-22(32-24)18-6-2-1-3-7-18)28-20-8-4-9-21(16-20)29-25(31)19-12-14-26-15-13-19/h1-4,6-9,12-17H,5,10-11H2,(H,28,30)(H,29,31). The molecular formula is C25H22N4O3. The van der Waals surface area contributed by atoms with Crippen molar-refractivity contribution in [2.45, 2.75) is 19.3 Å². The maximum absolute atomic E-state index is 12.3. The monoisotopic (exact) mass is 426 g/mol. The van der Waals surface area contributed by atoms with E-state index in [1.54, 1.807) is 55.0 Å². The molecule has 0 spiro atoms. The number of nitrogens with one attached hydrogen (secondary N) is 2. The van der Waals surface area contributed by atoms with Gasteiger partial charge in [0.1, 0.15) is 0 Å². The minimum absolute atomic E-state index is 0.113. The van der Waals surface area contributed by atoms with Crippen molar-refractivity contribution in [1.29, 1.82) is 0 Å². The Hall–Kier alpha value is -4.26. The van der Waals surface area contributed by atoms with Crippen LogP contribution in [0.5, 0.6) is 0 Å². The number of carbonyl (C=O) groups excluding carboxylic acids is 2. The van der Waals surface area contributed by atoms with Crippen LogP contribution in [0.15, 0.2) is 89.7 Å². The molecule has 0 radical (unpaired) electrons. The summed E-state index contributed by atoms with van der Waals surface area (Å²) >= 11 is 0. The van der Waals surface area contributed by atoms with Gasteiger partial charge in [-0.15, -0.1) is 0 Å². The number of carbonyl (C=O) groups is 2. The van der Waals surface area contributed by atoms with Gasteiger partial charge >= 0.3 is 0 Å². The molecule has 7 nitrogen and oxygen atoms in total. The molecule has 2 aromatic carbocycles. The number of anilines is 2. The lowest BCUT2D eigenvalue weighted by Crippen LogP contribution is -2.14. The molecule has 0 atom stereocenters. The quantitative estimate of drug-likeness (QED) is 0.415. The normalized spacial score (nSPS) is 10.5. The molecule has 0 aliphatic heterocycles. The number of hydrogen-bond acceptors (Lipinski definition) is 5. The lowest BCUT2D eigenvalue weighted by atomic mass is 10.2. The zero-order valence-corrected chi connectivity index (χ0v) is 17.3. The summed E-state index contributed by atoms with van der Waals surface area (Å²) in [4.78, 5) is 32.8. The van der Waals surface area contributed by atoms with Crippen molar-refractivity contribution in [3.8, 4) is 11.3 Å². The minimum Gasteiger partial charge on any atom is -0.441 e. The van der Waals surface area contributed by atoms with Gasteiger partial charge in [-0.25, -0.2) is 4.98 Å². The Balaban J connectivity index is 1.26. The summed E-state index contributed by atoms with van der Waals surface area (Å²) in [7, 11) is 0. The second-order valence-corrected chi connectivity index (χ2v) is 7.16. The summed E-state index contributed by atoms with van der Waals surface area (Å²) < 4.78 is 5.77. The van der Waals surface area contributed by atoms with Crippen LogP contribution >= 0.6 is 0 Å². The van der Waals surface area contributed by atoms with Crippen molar-refractivity contribution in [3.63, 3.8) is 0 Å². The van der Waals surface area contributed by atoms with Crippen LogP contribution in [0.3, 0.4) is 0 Å². The van der Waals surface area contributed by atoms with E-state index in [0.29, 0.717) is 42.1 Å². The Morgan fingerprint density at radius 1 is 0.875 bits per heavy atom. The van der Waals surface area contributed by atoms with Gasteiger partial charge in [0, 0.05) is 47.7 Å². The number of rotatable bonds is 8. The zero-order chi connectivity index (χ0) is 22.2. The van der Waals surface area contributed by atoms with Crippen LogP contribution in [0.1, 0.15) is 29.1 Å². The highest BCUT2D eigenvalue weighted by molar-refractivity contribution is 6.04. The van der Waals surface area contributed by atoms with Gasteiger partial charge in [-0.1, -0.05) is 36.4 Å². The summed E-state index contributed by atoms with van der Waals surface area (Å²) in [5, 5.41) is 5.68. The van der Waals surface area contributed by atoms with Crippen LogP contribution < -0.4 is 10.6 Å². The van der Waals surface area contributed by atoms with E-state index in [2.05, 4.69) is 20.6 Å². The molecule has 2 amide bonds. The number of aromatic nitrogens is 2. The van der Waals surface area contributed by atoms with Crippen LogP contribution in [0, 0.1) is 0 Å². The Morgan fingerprint density at radius 2 is 1.62 bits per heavy atom. The van der Waals surface area contributed by atoms with E-state index in [1.165, 1.54) is 0 Å². The van der Waals surface area contributed by atoms with Crippen molar-refractivity contribution < 1.29 is 14.0 Å². The molecule has 2 N–H and O–H groups in total. The molecule has 0 saturated carbocycles. The first-order valence-corrected chi connectivity index (χ1v) is 10.3. The van der Waals surface area contributed by atoms with Gasteiger partial charge in [0.25, 0.3) is 5.91 Å².